The number of rotatable bonds is 7. The fraction of sp³-hybridized carbons (Fsp3) is 0.111. The molecule has 0 spiro atoms. The number of hydrogen-bond donors (Lipinski definition) is 1. The van der Waals surface area contributed by atoms with Crippen LogP contribution in [0.25, 0.3) is 10.8 Å². The summed E-state index contributed by atoms with van der Waals surface area (Å²) in [4.78, 5) is 26.0. The third-order valence-electron chi connectivity index (χ3n) is 5.18. The van der Waals surface area contributed by atoms with Crippen molar-refractivity contribution in [1.82, 2.24) is 0 Å². The van der Waals surface area contributed by atoms with E-state index in [1.807, 2.05) is 55.5 Å². The maximum absolute atomic E-state index is 13.0. The van der Waals surface area contributed by atoms with E-state index in [1.165, 1.54) is 0 Å². The summed E-state index contributed by atoms with van der Waals surface area (Å²) in [7, 11) is 0. The van der Waals surface area contributed by atoms with Crippen LogP contribution in [0.2, 0.25) is 5.02 Å². The Balaban J connectivity index is 1.56. The zero-order chi connectivity index (χ0) is 22.5. The first kappa shape index (κ1) is 21.6. The van der Waals surface area contributed by atoms with Crippen molar-refractivity contribution < 1.29 is 14.3 Å². The van der Waals surface area contributed by atoms with Crippen LogP contribution in [-0.4, -0.2) is 17.8 Å². The molecule has 0 saturated heterocycles. The van der Waals surface area contributed by atoms with E-state index in [0.29, 0.717) is 34.0 Å². The molecule has 32 heavy (non-hydrogen) atoms. The molecule has 4 nitrogen and oxygen atoms in total. The fourth-order valence-corrected chi connectivity index (χ4v) is 3.67. The van der Waals surface area contributed by atoms with Crippen LogP contribution in [0, 0.1) is 0 Å². The summed E-state index contributed by atoms with van der Waals surface area (Å²) in [6.07, 6.45) is -0.250. The molecule has 1 amide bonds. The molecule has 0 aliphatic heterocycles. The molecule has 160 valence electrons. The number of ether oxygens (including phenoxy) is 1. The summed E-state index contributed by atoms with van der Waals surface area (Å²) >= 11 is 6.14. The van der Waals surface area contributed by atoms with Crippen molar-refractivity contribution in [2.45, 2.75) is 19.4 Å². The van der Waals surface area contributed by atoms with Crippen molar-refractivity contribution in [2.24, 2.45) is 0 Å². The Bertz CT molecular complexity index is 1270. The molecule has 1 atom stereocenters. The smallest absolute Gasteiger partial charge is 0.265 e. The largest absolute Gasteiger partial charge is 0.481 e. The van der Waals surface area contributed by atoms with Gasteiger partial charge >= 0.3 is 0 Å². The van der Waals surface area contributed by atoms with Crippen LogP contribution in [0.15, 0.2) is 91.0 Å². The Labute approximate surface area is 191 Å². The minimum atomic E-state index is -0.716. The molecule has 4 aromatic rings. The molecular formula is C27H22ClNO3. The van der Waals surface area contributed by atoms with Crippen LogP contribution >= 0.6 is 11.6 Å². The number of nitrogens with one attached hydrogen (secondary N) is 1. The Kier molecular flexibility index (Phi) is 6.52. The number of fused-ring (bicyclic) bond motifs is 1. The zero-order valence-corrected chi connectivity index (χ0v) is 18.3. The Morgan fingerprint density at radius 1 is 0.875 bits per heavy atom. The average molecular weight is 444 g/mol. The Morgan fingerprint density at radius 2 is 1.59 bits per heavy atom. The van der Waals surface area contributed by atoms with Crippen LogP contribution in [0.4, 0.5) is 5.69 Å². The second-order valence-corrected chi connectivity index (χ2v) is 7.83. The van der Waals surface area contributed by atoms with Gasteiger partial charge in [-0.05, 0) is 47.5 Å². The Morgan fingerprint density at radius 3 is 2.34 bits per heavy atom. The zero-order valence-electron chi connectivity index (χ0n) is 17.5. The first-order valence-corrected chi connectivity index (χ1v) is 10.8. The maximum Gasteiger partial charge on any atom is 0.265 e. The molecule has 4 rings (SSSR count). The number of hydrogen-bond acceptors (Lipinski definition) is 3. The number of carbonyl (C=O) groups is 2. The van der Waals surface area contributed by atoms with E-state index in [0.717, 1.165) is 10.8 Å². The molecule has 0 aliphatic carbocycles. The predicted molar refractivity (Wildman–Crippen MR) is 129 cm³/mol. The topological polar surface area (TPSA) is 55.4 Å². The van der Waals surface area contributed by atoms with Crippen molar-refractivity contribution in [2.75, 3.05) is 5.32 Å². The number of amides is 1. The number of halogens is 1. The molecule has 0 fully saturated rings. The molecule has 0 radical (unpaired) electrons. The minimum Gasteiger partial charge on any atom is -0.481 e. The average Bonchev–Trinajstić information content (AvgIpc) is 2.83. The standard InChI is InChI=1S/C27H22ClNO3/c1-2-25(32-22-14-12-18-8-6-7-11-20(18)16-22)27(31)29-24-15-13-21(28)17-23(24)26(30)19-9-4-3-5-10-19/h3-17,25H,2H2,1H3,(H,29,31). The van der Waals surface area contributed by atoms with Gasteiger partial charge < -0.3 is 10.1 Å². The van der Waals surface area contributed by atoms with E-state index in [1.54, 1.807) is 42.5 Å². The highest BCUT2D eigenvalue weighted by Crippen LogP contribution is 2.26. The van der Waals surface area contributed by atoms with Crippen LogP contribution in [-0.2, 0) is 4.79 Å². The molecule has 0 aliphatic rings. The van der Waals surface area contributed by atoms with Crippen molar-refractivity contribution in [3.05, 3.63) is 107 Å². The van der Waals surface area contributed by atoms with Crippen molar-refractivity contribution in [1.29, 1.82) is 0 Å². The second-order valence-electron chi connectivity index (χ2n) is 7.40. The van der Waals surface area contributed by atoms with Gasteiger partial charge in [-0.2, -0.15) is 0 Å². The summed E-state index contributed by atoms with van der Waals surface area (Å²) in [5, 5.41) is 5.41. The summed E-state index contributed by atoms with van der Waals surface area (Å²) in [6, 6.07) is 27.4. The normalized spacial score (nSPS) is 11.7. The summed E-state index contributed by atoms with van der Waals surface area (Å²) in [6.45, 7) is 1.88. The number of carbonyl (C=O) groups excluding carboxylic acids is 2. The lowest BCUT2D eigenvalue weighted by Gasteiger charge is -2.19. The van der Waals surface area contributed by atoms with Crippen LogP contribution in [0.5, 0.6) is 5.75 Å². The quantitative estimate of drug-likeness (QED) is 0.331. The van der Waals surface area contributed by atoms with Gasteiger partial charge in [0, 0.05) is 16.1 Å². The monoisotopic (exact) mass is 443 g/mol. The van der Waals surface area contributed by atoms with Gasteiger partial charge in [0.15, 0.2) is 11.9 Å². The molecular weight excluding hydrogens is 422 g/mol. The summed E-state index contributed by atoms with van der Waals surface area (Å²) in [5.74, 6) is 0.0689. The van der Waals surface area contributed by atoms with Gasteiger partial charge in [-0.1, -0.05) is 79.2 Å². The maximum atomic E-state index is 13.0. The Hall–Kier alpha value is -3.63. The lowest BCUT2D eigenvalue weighted by molar-refractivity contribution is -0.122. The molecule has 4 aromatic carbocycles. The van der Waals surface area contributed by atoms with Gasteiger partial charge in [0.1, 0.15) is 5.75 Å². The van der Waals surface area contributed by atoms with Crippen molar-refractivity contribution in [3.63, 3.8) is 0 Å². The highest BCUT2D eigenvalue weighted by atomic mass is 35.5. The lowest BCUT2D eigenvalue weighted by atomic mass is 10.0. The van der Waals surface area contributed by atoms with Crippen molar-refractivity contribution in [3.8, 4) is 5.75 Å². The SMILES string of the molecule is CCC(Oc1ccc2ccccc2c1)C(=O)Nc1ccc(Cl)cc1C(=O)c1ccccc1. The molecule has 1 unspecified atom stereocenters. The number of benzene rings is 4. The van der Waals surface area contributed by atoms with Crippen LogP contribution in [0.3, 0.4) is 0 Å². The van der Waals surface area contributed by atoms with Crippen LogP contribution < -0.4 is 10.1 Å². The van der Waals surface area contributed by atoms with Gasteiger partial charge in [-0.3, -0.25) is 9.59 Å². The first-order chi connectivity index (χ1) is 15.5. The van der Waals surface area contributed by atoms with Gasteiger partial charge in [0.25, 0.3) is 5.91 Å². The van der Waals surface area contributed by atoms with Gasteiger partial charge in [0.2, 0.25) is 0 Å². The molecule has 5 heteroatoms. The van der Waals surface area contributed by atoms with Crippen LogP contribution in [0.1, 0.15) is 29.3 Å². The summed E-state index contributed by atoms with van der Waals surface area (Å²) in [5.41, 5.74) is 1.25. The second kappa shape index (κ2) is 9.67. The van der Waals surface area contributed by atoms with Gasteiger partial charge in [-0.25, -0.2) is 0 Å². The van der Waals surface area contributed by atoms with E-state index in [-0.39, 0.29) is 11.7 Å². The van der Waals surface area contributed by atoms with E-state index in [4.69, 9.17) is 16.3 Å². The third-order valence-corrected chi connectivity index (χ3v) is 5.42. The predicted octanol–water partition coefficient (Wildman–Crippen LogP) is 6.52. The van der Waals surface area contributed by atoms with E-state index in [2.05, 4.69) is 5.32 Å². The molecule has 0 heterocycles. The van der Waals surface area contributed by atoms with Crippen molar-refractivity contribution >= 4 is 39.8 Å². The highest BCUT2D eigenvalue weighted by molar-refractivity contribution is 6.31. The van der Waals surface area contributed by atoms with E-state index < -0.39 is 6.10 Å². The van der Waals surface area contributed by atoms with E-state index in [9.17, 15) is 9.59 Å². The fourth-order valence-electron chi connectivity index (χ4n) is 3.50. The molecule has 0 saturated carbocycles. The molecule has 1 N–H and O–H groups in total. The van der Waals surface area contributed by atoms with Gasteiger partial charge in [-0.15, -0.1) is 0 Å². The first-order valence-electron chi connectivity index (χ1n) is 10.4. The summed E-state index contributed by atoms with van der Waals surface area (Å²) < 4.78 is 5.99. The number of anilines is 1. The lowest BCUT2D eigenvalue weighted by Crippen LogP contribution is -2.33. The third kappa shape index (κ3) is 4.82. The van der Waals surface area contributed by atoms with Gasteiger partial charge in [0.05, 0.1) is 5.69 Å². The molecule has 0 bridgehead atoms. The highest BCUT2D eigenvalue weighted by Gasteiger charge is 2.22. The minimum absolute atomic E-state index is 0.216. The van der Waals surface area contributed by atoms with E-state index >= 15 is 0 Å². The number of ketones is 1. The molecule has 0 aromatic heterocycles.